The molecule has 0 saturated carbocycles. The zero-order valence-corrected chi connectivity index (χ0v) is 18.4. The molecule has 5 rings (SSSR count). The summed E-state index contributed by atoms with van der Waals surface area (Å²) in [6.45, 7) is 1.96. The molecule has 2 aromatic heterocycles. The molecule has 0 aliphatic carbocycles. The molecule has 0 unspecified atom stereocenters. The number of anilines is 1. The lowest BCUT2D eigenvalue weighted by molar-refractivity contribution is 0.0741. The molecule has 0 atom stereocenters. The normalized spacial score (nSPS) is 13.9. The Bertz CT molecular complexity index is 1270. The van der Waals surface area contributed by atoms with Gasteiger partial charge in [0.1, 0.15) is 11.5 Å². The van der Waals surface area contributed by atoms with E-state index in [1.54, 1.807) is 52.3 Å². The van der Waals surface area contributed by atoms with Crippen molar-refractivity contribution in [1.29, 1.82) is 0 Å². The van der Waals surface area contributed by atoms with Crippen molar-refractivity contribution in [2.45, 2.75) is 0 Å². The van der Waals surface area contributed by atoms with E-state index in [4.69, 9.17) is 11.6 Å². The summed E-state index contributed by atoms with van der Waals surface area (Å²) in [5.74, 6) is -0.482. The van der Waals surface area contributed by atoms with Gasteiger partial charge in [-0.2, -0.15) is 0 Å². The molecule has 2 aromatic carbocycles. The Labute approximate surface area is 195 Å². The average Bonchev–Trinajstić information content (AvgIpc) is 3.30. The predicted octanol–water partition coefficient (Wildman–Crippen LogP) is 4.08. The minimum Gasteiger partial charge on any atom is -0.366 e. The highest BCUT2D eigenvalue weighted by atomic mass is 35.5. The number of carbonyl (C=O) groups is 1. The molecule has 0 spiro atoms. The van der Waals surface area contributed by atoms with Crippen LogP contribution in [0, 0.1) is 5.82 Å². The second-order valence-corrected chi connectivity index (χ2v) is 8.08. The maximum Gasteiger partial charge on any atom is 0.276 e. The van der Waals surface area contributed by atoms with E-state index < -0.39 is 0 Å². The van der Waals surface area contributed by atoms with Gasteiger partial charge in [0.2, 0.25) is 0 Å². The molecular weight excluding hydrogens is 443 g/mol. The van der Waals surface area contributed by atoms with Crippen LogP contribution in [0.4, 0.5) is 10.1 Å². The number of nitrogens with zero attached hydrogens (tertiary/aromatic N) is 6. The molecule has 1 saturated heterocycles. The predicted molar refractivity (Wildman–Crippen MR) is 124 cm³/mol. The van der Waals surface area contributed by atoms with E-state index in [1.165, 1.54) is 6.07 Å². The van der Waals surface area contributed by atoms with Gasteiger partial charge in [0.05, 0.1) is 11.4 Å². The Kier molecular flexibility index (Phi) is 5.75. The Hall–Kier alpha value is -3.78. The number of aromatic nitrogens is 4. The fourth-order valence-corrected chi connectivity index (χ4v) is 4.09. The molecular formula is C24H20ClFN6O. The fraction of sp³-hybridized carbons (Fsp3) is 0.167. The van der Waals surface area contributed by atoms with Crippen molar-refractivity contribution < 1.29 is 9.18 Å². The van der Waals surface area contributed by atoms with Crippen LogP contribution in [0.3, 0.4) is 0 Å². The lowest BCUT2D eigenvalue weighted by Gasteiger charge is -2.36. The van der Waals surface area contributed by atoms with Crippen molar-refractivity contribution in [3.8, 4) is 16.9 Å². The third kappa shape index (κ3) is 4.17. The van der Waals surface area contributed by atoms with Gasteiger partial charge < -0.3 is 9.80 Å². The van der Waals surface area contributed by atoms with Gasteiger partial charge in [0.25, 0.3) is 5.91 Å². The van der Waals surface area contributed by atoms with Gasteiger partial charge in [0.15, 0.2) is 5.69 Å². The number of benzene rings is 2. The molecule has 33 heavy (non-hydrogen) atoms. The first kappa shape index (κ1) is 21.1. The van der Waals surface area contributed by atoms with Gasteiger partial charge in [0, 0.05) is 49.2 Å². The first-order valence-electron chi connectivity index (χ1n) is 10.5. The SMILES string of the molecule is O=C(c1nnn(-c2ccc(Cl)cc2)c1-c1cccnc1)N1CCN(c2ccccc2F)CC1. The van der Waals surface area contributed by atoms with E-state index in [-0.39, 0.29) is 17.4 Å². The summed E-state index contributed by atoms with van der Waals surface area (Å²) in [6.07, 6.45) is 3.35. The number of halogens is 2. The first-order valence-corrected chi connectivity index (χ1v) is 10.9. The number of pyridine rings is 1. The topological polar surface area (TPSA) is 67.2 Å². The lowest BCUT2D eigenvalue weighted by atomic mass is 10.1. The summed E-state index contributed by atoms with van der Waals surface area (Å²) >= 11 is 6.04. The summed E-state index contributed by atoms with van der Waals surface area (Å²) in [4.78, 5) is 21.4. The Balaban J connectivity index is 1.44. The van der Waals surface area contributed by atoms with E-state index >= 15 is 0 Å². The van der Waals surface area contributed by atoms with Crippen molar-refractivity contribution in [2.75, 3.05) is 31.1 Å². The van der Waals surface area contributed by atoms with Crippen LogP contribution in [0.2, 0.25) is 5.02 Å². The Morgan fingerprint density at radius 1 is 0.939 bits per heavy atom. The second kappa shape index (κ2) is 8.99. The number of hydrogen-bond donors (Lipinski definition) is 0. The van der Waals surface area contributed by atoms with Crippen LogP contribution in [-0.2, 0) is 0 Å². The molecule has 0 radical (unpaired) electrons. The molecule has 1 aliphatic heterocycles. The maximum atomic E-state index is 14.2. The molecule has 3 heterocycles. The van der Waals surface area contributed by atoms with Crippen molar-refractivity contribution in [2.24, 2.45) is 0 Å². The molecule has 0 N–H and O–H groups in total. The number of para-hydroxylation sites is 1. The van der Waals surface area contributed by atoms with Crippen LogP contribution in [0.15, 0.2) is 73.1 Å². The van der Waals surface area contributed by atoms with E-state index in [9.17, 15) is 9.18 Å². The molecule has 1 fully saturated rings. The highest BCUT2D eigenvalue weighted by Gasteiger charge is 2.29. The highest BCUT2D eigenvalue weighted by Crippen LogP contribution is 2.27. The summed E-state index contributed by atoms with van der Waals surface area (Å²) in [5.41, 5.74) is 2.82. The summed E-state index contributed by atoms with van der Waals surface area (Å²) in [6, 6.07) is 17.5. The molecule has 0 bridgehead atoms. The molecule has 166 valence electrons. The second-order valence-electron chi connectivity index (χ2n) is 7.65. The van der Waals surface area contributed by atoms with Crippen LogP contribution in [-0.4, -0.2) is 57.0 Å². The highest BCUT2D eigenvalue weighted by molar-refractivity contribution is 6.30. The van der Waals surface area contributed by atoms with E-state index in [0.717, 1.165) is 11.3 Å². The van der Waals surface area contributed by atoms with Crippen molar-refractivity contribution in [1.82, 2.24) is 24.9 Å². The summed E-state index contributed by atoms with van der Waals surface area (Å²) in [5, 5.41) is 9.12. The fourth-order valence-electron chi connectivity index (χ4n) is 3.96. The van der Waals surface area contributed by atoms with Crippen molar-refractivity contribution in [3.63, 3.8) is 0 Å². The molecule has 1 amide bonds. The maximum absolute atomic E-state index is 14.2. The number of hydrogen-bond acceptors (Lipinski definition) is 5. The van der Waals surface area contributed by atoms with Crippen LogP contribution in [0.1, 0.15) is 10.5 Å². The molecule has 4 aromatic rings. The quantitative estimate of drug-likeness (QED) is 0.457. The van der Waals surface area contributed by atoms with Gasteiger partial charge >= 0.3 is 0 Å². The van der Waals surface area contributed by atoms with Gasteiger partial charge in [-0.25, -0.2) is 9.07 Å². The van der Waals surface area contributed by atoms with Crippen molar-refractivity contribution in [3.05, 3.63) is 89.6 Å². The van der Waals surface area contributed by atoms with E-state index in [2.05, 4.69) is 15.3 Å². The van der Waals surface area contributed by atoms with Gasteiger partial charge in [-0.3, -0.25) is 9.78 Å². The van der Waals surface area contributed by atoms with Crippen molar-refractivity contribution >= 4 is 23.2 Å². The standard InChI is InChI=1S/C24H20ClFN6O/c25-18-7-9-19(10-8-18)32-23(17-4-3-11-27-16-17)22(28-29-32)24(33)31-14-12-30(13-15-31)21-6-2-1-5-20(21)26/h1-11,16H,12-15H2. The number of piperazine rings is 1. The Morgan fingerprint density at radius 3 is 2.39 bits per heavy atom. The zero-order chi connectivity index (χ0) is 22.8. The Morgan fingerprint density at radius 2 is 1.70 bits per heavy atom. The van der Waals surface area contributed by atoms with Gasteiger partial charge in [-0.15, -0.1) is 5.10 Å². The average molecular weight is 463 g/mol. The molecule has 1 aliphatic rings. The van der Waals surface area contributed by atoms with Crippen LogP contribution < -0.4 is 4.90 Å². The van der Waals surface area contributed by atoms with Crippen LogP contribution in [0.5, 0.6) is 0 Å². The third-order valence-electron chi connectivity index (χ3n) is 5.64. The lowest BCUT2D eigenvalue weighted by Crippen LogP contribution is -2.49. The molecule has 7 nitrogen and oxygen atoms in total. The summed E-state index contributed by atoms with van der Waals surface area (Å²) < 4.78 is 15.8. The van der Waals surface area contributed by atoms with Gasteiger partial charge in [-0.05, 0) is 48.5 Å². The van der Waals surface area contributed by atoms with E-state index in [1.807, 2.05) is 29.2 Å². The van der Waals surface area contributed by atoms with Crippen LogP contribution >= 0.6 is 11.6 Å². The van der Waals surface area contributed by atoms with Gasteiger partial charge in [-0.1, -0.05) is 28.9 Å². The number of rotatable bonds is 4. The minimum absolute atomic E-state index is 0.220. The molecule has 9 heteroatoms. The third-order valence-corrected chi connectivity index (χ3v) is 5.89. The smallest absolute Gasteiger partial charge is 0.276 e. The van der Waals surface area contributed by atoms with Crippen LogP contribution in [0.25, 0.3) is 16.9 Å². The minimum atomic E-state index is -0.262. The number of carbonyl (C=O) groups excluding carboxylic acids is 1. The monoisotopic (exact) mass is 462 g/mol. The van der Waals surface area contributed by atoms with E-state index in [0.29, 0.717) is 42.6 Å². The summed E-state index contributed by atoms with van der Waals surface area (Å²) in [7, 11) is 0. The number of amides is 1. The first-order chi connectivity index (χ1) is 16.1. The zero-order valence-electron chi connectivity index (χ0n) is 17.6. The largest absolute Gasteiger partial charge is 0.366 e.